The molecule has 2 aliphatic heterocycles. The maximum Gasteiger partial charge on any atom is 0.321 e. The van der Waals surface area contributed by atoms with Gasteiger partial charge in [-0.1, -0.05) is 96.0 Å². The van der Waals surface area contributed by atoms with E-state index in [2.05, 4.69) is 0 Å². The van der Waals surface area contributed by atoms with Crippen LogP contribution in [0.2, 0.25) is 10.0 Å². The monoisotopic (exact) mass is 732 g/mol. The van der Waals surface area contributed by atoms with Crippen molar-refractivity contribution >= 4 is 46.8 Å². The first-order valence-corrected chi connectivity index (χ1v) is 17.6. The number of nitrogens with zero attached hydrogens (tertiary/aromatic N) is 4. The van der Waals surface area contributed by atoms with Gasteiger partial charge < -0.3 is 19.6 Å². The first-order chi connectivity index (χ1) is 24.7. The van der Waals surface area contributed by atoms with E-state index in [0.717, 1.165) is 22.3 Å². The number of urea groups is 2. The molecular weight excluding hydrogens is 695 g/mol. The summed E-state index contributed by atoms with van der Waals surface area (Å²) < 4.78 is 0. The van der Waals surface area contributed by atoms with E-state index in [1.807, 2.05) is 123 Å². The number of carbonyl (C=O) groups is 4. The predicted octanol–water partition coefficient (Wildman–Crippen LogP) is 8.40. The number of rotatable bonds is 2. The summed E-state index contributed by atoms with van der Waals surface area (Å²) in [6, 6.07) is 29.9. The van der Waals surface area contributed by atoms with Crippen LogP contribution in [0.15, 0.2) is 121 Å². The quantitative estimate of drug-likeness (QED) is 0.207. The van der Waals surface area contributed by atoms with E-state index >= 15 is 0 Å². The minimum absolute atomic E-state index is 0.0416. The zero-order valence-electron chi connectivity index (χ0n) is 29.7. The molecule has 4 aliphatic rings. The number of hydrogen-bond acceptors (Lipinski definition) is 4. The number of allylic oxidation sites excluding steroid dienone is 2. The smallest absolute Gasteiger partial charge is 0.315 e. The minimum Gasteiger partial charge on any atom is -0.315 e. The summed E-state index contributed by atoms with van der Waals surface area (Å²) in [5.41, 5.74) is 1.83. The molecule has 0 saturated carbocycles. The Morgan fingerprint density at radius 2 is 0.788 bits per heavy atom. The Bertz CT molecular complexity index is 2060. The molecule has 0 N–H and O–H groups in total. The fourth-order valence-corrected chi connectivity index (χ4v) is 9.17. The second-order valence-electron chi connectivity index (χ2n) is 14.0. The maximum atomic E-state index is 13.0. The first kappa shape index (κ1) is 35.2. The van der Waals surface area contributed by atoms with Crippen molar-refractivity contribution in [2.24, 2.45) is 0 Å². The number of hydrogen-bond donors (Lipinski definition) is 0. The zero-order valence-corrected chi connectivity index (χ0v) is 31.2. The normalized spacial score (nSPS) is 27.4. The van der Waals surface area contributed by atoms with Crippen LogP contribution in [0.25, 0.3) is 0 Å². The molecule has 0 aromatic heterocycles. The van der Waals surface area contributed by atoms with Crippen LogP contribution in [-0.4, -0.2) is 71.4 Å². The fourth-order valence-electron chi connectivity index (χ4n) is 8.92. The van der Waals surface area contributed by atoms with Crippen LogP contribution in [0, 0.1) is 0 Å². The van der Waals surface area contributed by atoms with E-state index in [9.17, 15) is 19.2 Å². The summed E-state index contributed by atoms with van der Waals surface area (Å²) in [4.78, 5) is 57.9. The van der Waals surface area contributed by atoms with Crippen molar-refractivity contribution < 1.29 is 19.2 Å². The standard InChI is InChI=1S/2C21H19ClN2O2/c2*1-20(14-8-10-15(22)11-9-14)21(24(3)19(26)23(20)2)13-12-18(25)16-6-4-5-7-17(16)21/h2*4-13H,1-3H3/t2*20-,21-/m11/s1. The van der Waals surface area contributed by atoms with Crippen LogP contribution in [0.5, 0.6) is 0 Å². The van der Waals surface area contributed by atoms with Crippen LogP contribution in [0.3, 0.4) is 0 Å². The molecule has 52 heavy (non-hydrogen) atoms. The molecule has 2 saturated heterocycles. The SMILES string of the molecule is CN1C(=O)N(C)[C@@]2(C=CC(=O)c3ccccc32)[C@@]1(C)c1ccc(Cl)cc1.CN1C(=O)N(C)[C@@]2(C=CC(=O)c3ccccc32)[C@@]1(C)c1ccc(Cl)cc1. The molecule has 10 heteroatoms. The molecule has 0 radical (unpaired) electrons. The second-order valence-corrected chi connectivity index (χ2v) is 14.9. The number of likely N-dealkylation sites (N-methyl/N-ethyl adjacent to an activating group) is 4. The van der Waals surface area contributed by atoms with Crippen molar-refractivity contribution in [1.29, 1.82) is 0 Å². The van der Waals surface area contributed by atoms with E-state index in [-0.39, 0.29) is 23.6 Å². The summed E-state index contributed by atoms with van der Waals surface area (Å²) in [7, 11) is 7.18. The number of amides is 4. The van der Waals surface area contributed by atoms with Crippen LogP contribution in [0.4, 0.5) is 9.59 Å². The van der Waals surface area contributed by atoms with Gasteiger partial charge in [0.25, 0.3) is 0 Å². The van der Waals surface area contributed by atoms with Gasteiger partial charge in [-0.2, -0.15) is 0 Å². The highest BCUT2D eigenvalue weighted by atomic mass is 35.5. The van der Waals surface area contributed by atoms with Crippen molar-refractivity contribution in [1.82, 2.24) is 19.6 Å². The maximum absolute atomic E-state index is 13.0. The Morgan fingerprint density at radius 1 is 0.462 bits per heavy atom. The van der Waals surface area contributed by atoms with Crippen molar-refractivity contribution in [3.8, 4) is 0 Å². The van der Waals surface area contributed by atoms with E-state index < -0.39 is 22.2 Å². The summed E-state index contributed by atoms with van der Waals surface area (Å²) in [6.07, 6.45) is 6.90. The van der Waals surface area contributed by atoms with Gasteiger partial charge in [0.15, 0.2) is 11.6 Å². The average molecular weight is 734 g/mol. The average Bonchev–Trinajstić information content (AvgIpc) is 3.40. The summed E-state index contributed by atoms with van der Waals surface area (Å²) in [5, 5.41) is 1.28. The van der Waals surface area contributed by atoms with Crippen LogP contribution < -0.4 is 0 Å². The lowest BCUT2D eigenvalue weighted by Gasteiger charge is -2.48. The predicted molar refractivity (Wildman–Crippen MR) is 203 cm³/mol. The summed E-state index contributed by atoms with van der Waals surface area (Å²) >= 11 is 12.2. The Hall–Kier alpha value is -5.18. The third-order valence-electron chi connectivity index (χ3n) is 12.0. The van der Waals surface area contributed by atoms with Crippen molar-refractivity contribution in [3.05, 3.63) is 165 Å². The Labute approximate surface area is 313 Å². The molecule has 8 nitrogen and oxygen atoms in total. The van der Waals surface area contributed by atoms with Crippen molar-refractivity contribution in [3.63, 3.8) is 0 Å². The van der Waals surface area contributed by atoms with E-state index in [1.165, 1.54) is 0 Å². The first-order valence-electron chi connectivity index (χ1n) is 16.9. The summed E-state index contributed by atoms with van der Waals surface area (Å²) in [5.74, 6) is -0.0832. The molecule has 8 rings (SSSR count). The molecule has 4 aromatic rings. The van der Waals surface area contributed by atoms with Gasteiger partial charge in [-0.05, 0) is 84.7 Å². The molecule has 2 fully saturated rings. The Balaban J connectivity index is 0.000000162. The fraction of sp³-hybridized carbons (Fsp3) is 0.238. The molecule has 2 spiro atoms. The molecule has 0 bridgehead atoms. The minimum atomic E-state index is -0.794. The number of halogens is 2. The largest absolute Gasteiger partial charge is 0.321 e. The third-order valence-corrected chi connectivity index (χ3v) is 12.5. The zero-order chi connectivity index (χ0) is 37.4. The third kappa shape index (κ3) is 4.47. The molecule has 4 amide bonds. The molecular formula is C42H38Cl2N4O4. The summed E-state index contributed by atoms with van der Waals surface area (Å²) in [6.45, 7) is 4.07. The molecule has 2 heterocycles. The molecule has 2 aliphatic carbocycles. The highest BCUT2D eigenvalue weighted by Crippen LogP contribution is 2.57. The van der Waals surface area contributed by atoms with Gasteiger partial charge in [0.05, 0.1) is 11.1 Å². The second kappa shape index (κ2) is 12.2. The molecule has 264 valence electrons. The number of benzene rings is 4. The van der Waals surface area contributed by atoms with Gasteiger partial charge in [0, 0.05) is 49.4 Å². The lowest BCUT2D eigenvalue weighted by atomic mass is 9.66. The lowest BCUT2D eigenvalue weighted by Crippen LogP contribution is -2.54. The number of ketones is 2. The Morgan fingerprint density at radius 3 is 1.13 bits per heavy atom. The van der Waals surface area contributed by atoms with E-state index in [4.69, 9.17) is 23.2 Å². The highest BCUT2D eigenvalue weighted by Gasteiger charge is 2.65. The molecule has 4 aromatic carbocycles. The van der Waals surface area contributed by atoms with Gasteiger partial charge in [-0.15, -0.1) is 0 Å². The van der Waals surface area contributed by atoms with Crippen LogP contribution in [0.1, 0.15) is 56.8 Å². The van der Waals surface area contributed by atoms with Gasteiger partial charge >= 0.3 is 12.1 Å². The number of carbonyl (C=O) groups excluding carboxylic acids is 4. The topological polar surface area (TPSA) is 81.2 Å². The van der Waals surface area contributed by atoms with Crippen molar-refractivity contribution in [2.75, 3.05) is 28.2 Å². The molecule has 0 unspecified atom stereocenters. The highest BCUT2D eigenvalue weighted by molar-refractivity contribution is 6.30. The van der Waals surface area contributed by atoms with E-state index in [1.54, 1.807) is 59.9 Å². The van der Waals surface area contributed by atoms with Crippen LogP contribution in [-0.2, 0) is 22.2 Å². The van der Waals surface area contributed by atoms with Gasteiger partial charge in [0.1, 0.15) is 11.1 Å². The van der Waals surface area contributed by atoms with Crippen molar-refractivity contribution in [2.45, 2.75) is 36.0 Å². The number of fused-ring (bicyclic) bond motifs is 4. The van der Waals surface area contributed by atoms with Gasteiger partial charge in [-0.3, -0.25) is 9.59 Å². The van der Waals surface area contributed by atoms with Crippen LogP contribution >= 0.6 is 23.2 Å². The Kier molecular flexibility index (Phi) is 8.27. The van der Waals surface area contributed by atoms with Gasteiger partial charge in [-0.25, -0.2) is 9.59 Å². The molecule has 4 atom stereocenters. The lowest BCUT2D eigenvalue weighted by molar-refractivity contribution is 0.0975. The van der Waals surface area contributed by atoms with Gasteiger partial charge in [0.2, 0.25) is 0 Å². The van der Waals surface area contributed by atoms with E-state index in [0.29, 0.717) is 21.2 Å².